The van der Waals surface area contributed by atoms with Gasteiger partial charge in [0.15, 0.2) is 0 Å². The fourth-order valence-corrected chi connectivity index (χ4v) is 2.67. The lowest BCUT2D eigenvalue weighted by molar-refractivity contribution is -0.142. The minimum atomic E-state index is -1.07. The molecule has 0 radical (unpaired) electrons. The number of aliphatic carboxylic acids is 1. The van der Waals surface area contributed by atoms with Crippen LogP contribution in [0.25, 0.3) is 0 Å². The number of amides is 2. The van der Waals surface area contributed by atoms with Crippen molar-refractivity contribution in [1.29, 1.82) is 0 Å². The molecule has 144 valence electrons. The van der Waals surface area contributed by atoms with Gasteiger partial charge in [-0.3, -0.25) is 9.59 Å². The molecule has 6 heteroatoms. The van der Waals surface area contributed by atoms with Gasteiger partial charge in [-0.15, -0.1) is 0 Å². The summed E-state index contributed by atoms with van der Waals surface area (Å²) in [6.07, 6.45) is 1.59. The summed E-state index contributed by atoms with van der Waals surface area (Å²) < 4.78 is 0. The van der Waals surface area contributed by atoms with Crippen LogP contribution < -0.4 is 10.6 Å². The van der Waals surface area contributed by atoms with Crippen LogP contribution in [0.2, 0.25) is 0 Å². The Labute approximate surface area is 155 Å². The molecule has 0 aliphatic heterocycles. The molecule has 0 aromatic heterocycles. The van der Waals surface area contributed by atoms with E-state index in [2.05, 4.69) is 29.7 Å². The van der Waals surface area contributed by atoms with Gasteiger partial charge >= 0.3 is 5.97 Å². The molecule has 0 saturated carbocycles. The number of hydrogen-bond donors (Lipinski definition) is 3. The quantitative estimate of drug-likeness (QED) is 0.596. The third-order valence-electron chi connectivity index (χ3n) is 4.24. The average Bonchev–Trinajstić information content (AvgIpc) is 2.59. The van der Waals surface area contributed by atoms with Crippen molar-refractivity contribution in [3.8, 4) is 0 Å². The van der Waals surface area contributed by atoms with E-state index in [9.17, 15) is 14.4 Å². The molecule has 2 amide bonds. The third-order valence-corrected chi connectivity index (χ3v) is 4.24. The summed E-state index contributed by atoms with van der Waals surface area (Å²) in [5, 5.41) is 14.1. The molecular weight excluding hydrogens is 332 g/mol. The van der Waals surface area contributed by atoms with Crippen molar-refractivity contribution >= 4 is 17.8 Å². The lowest BCUT2D eigenvalue weighted by Crippen LogP contribution is -2.46. The van der Waals surface area contributed by atoms with E-state index in [0.717, 1.165) is 12.0 Å². The van der Waals surface area contributed by atoms with Crippen LogP contribution in [0, 0.1) is 5.92 Å². The van der Waals surface area contributed by atoms with E-state index in [1.54, 1.807) is 0 Å². The van der Waals surface area contributed by atoms with Gasteiger partial charge in [0.1, 0.15) is 6.04 Å². The monoisotopic (exact) mass is 362 g/mol. The molecule has 1 aromatic carbocycles. The minimum Gasteiger partial charge on any atom is -0.480 e. The number of aryl methyl sites for hydroxylation is 1. The minimum absolute atomic E-state index is 0.0386. The Morgan fingerprint density at radius 1 is 1.04 bits per heavy atom. The lowest BCUT2D eigenvalue weighted by atomic mass is 9.96. The van der Waals surface area contributed by atoms with Crippen LogP contribution >= 0.6 is 0 Å². The molecule has 26 heavy (non-hydrogen) atoms. The van der Waals surface area contributed by atoms with E-state index >= 15 is 0 Å². The highest BCUT2D eigenvalue weighted by molar-refractivity contribution is 5.88. The first-order chi connectivity index (χ1) is 12.2. The highest BCUT2D eigenvalue weighted by Crippen LogP contribution is 2.19. The Morgan fingerprint density at radius 3 is 2.15 bits per heavy atom. The van der Waals surface area contributed by atoms with Crippen LogP contribution in [0.1, 0.15) is 57.6 Å². The number of hydrogen-bond acceptors (Lipinski definition) is 3. The van der Waals surface area contributed by atoms with Gasteiger partial charge < -0.3 is 15.7 Å². The lowest BCUT2D eigenvalue weighted by Gasteiger charge is -2.17. The van der Waals surface area contributed by atoms with Gasteiger partial charge in [0.05, 0.1) is 6.54 Å². The zero-order valence-electron chi connectivity index (χ0n) is 16.0. The van der Waals surface area contributed by atoms with E-state index in [0.29, 0.717) is 6.42 Å². The molecule has 3 N–H and O–H groups in total. The van der Waals surface area contributed by atoms with Crippen molar-refractivity contribution in [3.63, 3.8) is 0 Å². The van der Waals surface area contributed by atoms with Gasteiger partial charge in [-0.1, -0.05) is 52.0 Å². The maximum atomic E-state index is 12.0. The second-order valence-electron chi connectivity index (χ2n) is 7.06. The first kappa shape index (κ1) is 21.7. The molecule has 0 spiro atoms. The van der Waals surface area contributed by atoms with Crippen LogP contribution in [-0.2, 0) is 20.8 Å². The number of benzene rings is 1. The number of carboxylic acid groups (broad SMARTS) is 1. The molecule has 0 aliphatic carbocycles. The van der Waals surface area contributed by atoms with Crippen molar-refractivity contribution in [3.05, 3.63) is 35.4 Å². The SMILES string of the molecule is CCc1ccc(C(C)CC(=O)NCC(=O)N[C@@H](CC(C)C)C(=O)O)cc1. The number of carbonyl (C=O) groups excluding carboxylic acids is 2. The summed E-state index contributed by atoms with van der Waals surface area (Å²) in [6.45, 7) is 7.61. The molecule has 1 unspecified atom stereocenters. The summed E-state index contributed by atoms with van der Waals surface area (Å²) in [5.74, 6) is -1.61. The molecule has 6 nitrogen and oxygen atoms in total. The smallest absolute Gasteiger partial charge is 0.326 e. The summed E-state index contributed by atoms with van der Waals surface area (Å²) >= 11 is 0. The molecule has 1 rings (SSSR count). The van der Waals surface area contributed by atoms with Crippen molar-refractivity contribution in [2.45, 2.75) is 58.9 Å². The molecule has 1 aromatic rings. The van der Waals surface area contributed by atoms with Crippen LogP contribution in [0.5, 0.6) is 0 Å². The Balaban J connectivity index is 2.44. The summed E-state index contributed by atoms with van der Waals surface area (Å²) in [6, 6.07) is 7.21. The van der Waals surface area contributed by atoms with Gasteiger partial charge in [-0.25, -0.2) is 4.79 Å². The van der Waals surface area contributed by atoms with Crippen LogP contribution in [0.15, 0.2) is 24.3 Å². The van der Waals surface area contributed by atoms with Crippen molar-refractivity contribution < 1.29 is 19.5 Å². The second kappa shape index (κ2) is 10.6. The normalized spacial score (nSPS) is 13.1. The zero-order chi connectivity index (χ0) is 19.7. The van der Waals surface area contributed by atoms with Crippen molar-refractivity contribution in [2.75, 3.05) is 6.54 Å². The van der Waals surface area contributed by atoms with Crippen LogP contribution in [0.4, 0.5) is 0 Å². The topological polar surface area (TPSA) is 95.5 Å². The van der Waals surface area contributed by atoms with Gasteiger partial charge in [-0.2, -0.15) is 0 Å². The highest BCUT2D eigenvalue weighted by Gasteiger charge is 2.21. The number of carbonyl (C=O) groups is 3. The van der Waals surface area contributed by atoms with E-state index in [1.165, 1.54) is 5.56 Å². The molecule has 0 bridgehead atoms. The summed E-state index contributed by atoms with van der Waals surface area (Å²) in [5.41, 5.74) is 2.32. The maximum Gasteiger partial charge on any atom is 0.326 e. The first-order valence-electron chi connectivity index (χ1n) is 9.10. The average molecular weight is 362 g/mol. The van der Waals surface area contributed by atoms with Crippen molar-refractivity contribution in [2.24, 2.45) is 5.92 Å². The third kappa shape index (κ3) is 7.68. The Morgan fingerprint density at radius 2 is 1.65 bits per heavy atom. The first-order valence-corrected chi connectivity index (χ1v) is 9.10. The fourth-order valence-electron chi connectivity index (χ4n) is 2.67. The molecule has 0 fully saturated rings. The molecule has 0 heterocycles. The standard InChI is InChI=1S/C20H30N2O4/c1-5-15-6-8-16(9-7-15)14(4)11-18(23)21-12-19(24)22-17(20(25)26)10-13(2)3/h6-9,13-14,17H,5,10-12H2,1-4H3,(H,21,23)(H,22,24)(H,25,26)/t14?,17-/m0/s1. The van der Waals surface area contributed by atoms with E-state index in [1.807, 2.05) is 32.9 Å². The van der Waals surface area contributed by atoms with Crippen LogP contribution in [0.3, 0.4) is 0 Å². The predicted molar refractivity (Wildman–Crippen MR) is 101 cm³/mol. The predicted octanol–water partition coefficient (Wildman–Crippen LogP) is 2.47. The molecular formula is C20H30N2O4. The number of rotatable bonds is 10. The Hall–Kier alpha value is -2.37. The summed E-state index contributed by atoms with van der Waals surface area (Å²) in [4.78, 5) is 35.1. The van der Waals surface area contributed by atoms with Gasteiger partial charge in [-0.05, 0) is 35.8 Å². The largest absolute Gasteiger partial charge is 0.480 e. The highest BCUT2D eigenvalue weighted by atomic mass is 16.4. The van der Waals surface area contributed by atoms with Gasteiger partial charge in [0, 0.05) is 6.42 Å². The summed E-state index contributed by atoms with van der Waals surface area (Å²) in [7, 11) is 0. The van der Waals surface area contributed by atoms with Crippen molar-refractivity contribution in [1.82, 2.24) is 10.6 Å². The second-order valence-corrected chi connectivity index (χ2v) is 7.06. The zero-order valence-corrected chi connectivity index (χ0v) is 16.0. The Kier molecular flexibility index (Phi) is 8.82. The van der Waals surface area contributed by atoms with Crippen LogP contribution in [-0.4, -0.2) is 35.5 Å². The Bertz CT molecular complexity index is 611. The van der Waals surface area contributed by atoms with E-state index < -0.39 is 17.9 Å². The van der Waals surface area contributed by atoms with E-state index in [-0.39, 0.29) is 30.7 Å². The fraction of sp³-hybridized carbons (Fsp3) is 0.550. The molecule has 0 saturated heterocycles. The van der Waals surface area contributed by atoms with Gasteiger partial charge in [0.2, 0.25) is 11.8 Å². The number of nitrogens with one attached hydrogen (secondary N) is 2. The maximum absolute atomic E-state index is 12.0. The van der Waals surface area contributed by atoms with E-state index in [4.69, 9.17) is 5.11 Å². The van der Waals surface area contributed by atoms with Gasteiger partial charge in [0.25, 0.3) is 0 Å². The molecule has 0 aliphatic rings. The molecule has 2 atom stereocenters. The number of carboxylic acids is 1.